The summed E-state index contributed by atoms with van der Waals surface area (Å²) in [6.45, 7) is 0.0887. The number of alkyl halides is 5. The summed E-state index contributed by atoms with van der Waals surface area (Å²) < 4.78 is 63.4. The van der Waals surface area contributed by atoms with Crippen LogP contribution in [0.15, 0.2) is 48.5 Å². The van der Waals surface area contributed by atoms with Crippen LogP contribution in [0.1, 0.15) is 25.5 Å². The van der Waals surface area contributed by atoms with E-state index in [9.17, 15) is 36.3 Å². The Morgan fingerprint density at radius 1 is 0.909 bits per heavy atom. The lowest BCUT2D eigenvalue weighted by atomic mass is 9.89. The zero-order valence-corrected chi connectivity index (χ0v) is 17.5. The van der Waals surface area contributed by atoms with E-state index in [1.165, 1.54) is 5.32 Å². The monoisotopic (exact) mass is 469 g/mol. The summed E-state index contributed by atoms with van der Waals surface area (Å²) in [4.78, 5) is 38.1. The fourth-order valence-corrected chi connectivity index (χ4v) is 3.24. The van der Waals surface area contributed by atoms with Crippen LogP contribution in [-0.4, -0.2) is 36.4 Å². The molecule has 0 saturated carbocycles. The molecule has 3 N–H and O–H groups in total. The second-order valence-corrected chi connectivity index (χ2v) is 8.04. The molecular weight excluding hydrogens is 449 g/mol. The van der Waals surface area contributed by atoms with Crippen molar-refractivity contribution in [2.24, 2.45) is 5.41 Å². The molecule has 1 heterocycles. The van der Waals surface area contributed by atoms with Gasteiger partial charge in [0.1, 0.15) is 11.5 Å². The summed E-state index contributed by atoms with van der Waals surface area (Å²) in [5, 5.41) is 6.59. The van der Waals surface area contributed by atoms with E-state index in [0.717, 1.165) is 13.8 Å². The molecule has 0 fully saturated rings. The minimum Gasteiger partial charge on any atom is -0.349 e. The third kappa shape index (κ3) is 4.67. The Balaban J connectivity index is 1.83. The van der Waals surface area contributed by atoms with Gasteiger partial charge in [-0.25, -0.2) is 0 Å². The second kappa shape index (κ2) is 8.45. The van der Waals surface area contributed by atoms with Crippen LogP contribution in [0.2, 0.25) is 0 Å². The number of hydrogen-bond acceptors (Lipinski definition) is 3. The Labute approximate surface area is 185 Å². The average Bonchev–Trinajstić information content (AvgIpc) is 2.86. The van der Waals surface area contributed by atoms with E-state index < -0.39 is 47.8 Å². The fraction of sp³-hybridized carbons (Fsp3) is 0.318. The van der Waals surface area contributed by atoms with Gasteiger partial charge in [-0.1, -0.05) is 42.5 Å². The summed E-state index contributed by atoms with van der Waals surface area (Å²) in [5.41, 5.74) is 0.204. The number of nitrogens with one attached hydrogen (secondary N) is 3. The van der Waals surface area contributed by atoms with Gasteiger partial charge in [0.15, 0.2) is 0 Å². The number of amides is 3. The van der Waals surface area contributed by atoms with Crippen molar-refractivity contribution < 1.29 is 36.3 Å². The Bertz CT molecular complexity index is 1100. The number of benzene rings is 2. The van der Waals surface area contributed by atoms with Crippen LogP contribution in [-0.2, 0) is 14.4 Å². The van der Waals surface area contributed by atoms with Gasteiger partial charge in [0.05, 0.1) is 6.54 Å². The van der Waals surface area contributed by atoms with E-state index >= 15 is 0 Å². The molecule has 176 valence electrons. The van der Waals surface area contributed by atoms with Gasteiger partial charge in [-0.05, 0) is 31.0 Å². The molecule has 0 bridgehead atoms. The van der Waals surface area contributed by atoms with Crippen LogP contribution < -0.4 is 16.0 Å². The lowest BCUT2D eigenvalue weighted by Gasteiger charge is -2.27. The maximum Gasteiger partial charge on any atom is 0.455 e. The lowest BCUT2D eigenvalue weighted by molar-refractivity contribution is -0.278. The van der Waals surface area contributed by atoms with Gasteiger partial charge in [0.25, 0.3) is 5.91 Å². The van der Waals surface area contributed by atoms with Crippen molar-refractivity contribution in [1.82, 2.24) is 10.6 Å². The summed E-state index contributed by atoms with van der Waals surface area (Å²) in [7, 11) is 0. The van der Waals surface area contributed by atoms with Crippen LogP contribution in [0.4, 0.5) is 27.6 Å². The third-order valence-electron chi connectivity index (χ3n) is 5.31. The number of carbonyl (C=O) groups excluding carboxylic acids is 3. The Kier molecular flexibility index (Phi) is 6.18. The minimum atomic E-state index is -5.86. The highest BCUT2D eigenvalue weighted by Gasteiger charge is 2.57. The molecule has 1 atom stereocenters. The molecule has 1 aliphatic rings. The van der Waals surface area contributed by atoms with Gasteiger partial charge in [-0.3, -0.25) is 14.4 Å². The second-order valence-electron chi connectivity index (χ2n) is 8.04. The highest BCUT2D eigenvalue weighted by atomic mass is 19.4. The van der Waals surface area contributed by atoms with E-state index in [2.05, 4.69) is 10.6 Å². The highest BCUT2D eigenvalue weighted by molar-refractivity contribution is 6.08. The van der Waals surface area contributed by atoms with Gasteiger partial charge in [-0.2, -0.15) is 22.0 Å². The molecule has 11 heteroatoms. The van der Waals surface area contributed by atoms with Crippen molar-refractivity contribution in [1.29, 1.82) is 0 Å². The van der Waals surface area contributed by atoms with Crippen molar-refractivity contribution in [3.8, 4) is 11.1 Å². The highest BCUT2D eigenvalue weighted by Crippen LogP contribution is 2.38. The molecule has 0 spiro atoms. The van der Waals surface area contributed by atoms with E-state index in [0.29, 0.717) is 22.4 Å². The van der Waals surface area contributed by atoms with Crippen LogP contribution in [0.5, 0.6) is 0 Å². The zero-order valence-electron chi connectivity index (χ0n) is 17.5. The van der Waals surface area contributed by atoms with Gasteiger partial charge < -0.3 is 16.0 Å². The van der Waals surface area contributed by atoms with Gasteiger partial charge in [0, 0.05) is 11.3 Å². The van der Waals surface area contributed by atoms with Gasteiger partial charge >= 0.3 is 12.1 Å². The Morgan fingerprint density at radius 3 is 2.12 bits per heavy atom. The van der Waals surface area contributed by atoms with Crippen molar-refractivity contribution in [3.63, 3.8) is 0 Å². The maximum atomic E-state index is 13.2. The van der Waals surface area contributed by atoms with Crippen molar-refractivity contribution >= 4 is 23.4 Å². The SMILES string of the molecule is CC(C)(C(=O)NCC(F)(F)C(F)(F)F)C(=O)N[C@H]1C(=O)Nc2ccccc2-c2ccccc21. The number of para-hydroxylation sites is 1. The molecule has 3 rings (SSSR count). The molecule has 33 heavy (non-hydrogen) atoms. The molecule has 2 aromatic rings. The first-order valence-corrected chi connectivity index (χ1v) is 9.79. The first-order valence-electron chi connectivity index (χ1n) is 9.79. The molecule has 3 amide bonds. The zero-order chi connectivity index (χ0) is 24.6. The predicted molar refractivity (Wildman–Crippen MR) is 109 cm³/mol. The molecule has 0 saturated heterocycles. The van der Waals surface area contributed by atoms with E-state index in [-0.39, 0.29) is 0 Å². The number of halogens is 5. The maximum absolute atomic E-state index is 13.2. The quantitative estimate of drug-likeness (QED) is 0.460. The molecule has 2 aromatic carbocycles. The smallest absolute Gasteiger partial charge is 0.349 e. The molecule has 0 aromatic heterocycles. The first kappa shape index (κ1) is 24.1. The average molecular weight is 469 g/mol. The van der Waals surface area contributed by atoms with E-state index in [1.54, 1.807) is 48.5 Å². The molecule has 0 aliphatic carbocycles. The summed E-state index contributed by atoms with van der Waals surface area (Å²) in [5.74, 6) is -8.16. The van der Waals surface area contributed by atoms with Crippen LogP contribution in [0, 0.1) is 5.41 Å². The van der Waals surface area contributed by atoms with Crippen molar-refractivity contribution in [2.45, 2.75) is 32.0 Å². The largest absolute Gasteiger partial charge is 0.455 e. The number of hydrogen-bond donors (Lipinski definition) is 3. The number of fused-ring (bicyclic) bond motifs is 3. The number of anilines is 1. The van der Waals surface area contributed by atoms with Gasteiger partial charge in [-0.15, -0.1) is 0 Å². The number of carbonyl (C=O) groups is 3. The molecule has 6 nitrogen and oxygen atoms in total. The van der Waals surface area contributed by atoms with E-state index in [4.69, 9.17) is 0 Å². The number of rotatable bonds is 5. The normalized spacial score (nSPS) is 16.1. The molecular formula is C22H20F5N3O3. The molecule has 1 aliphatic heterocycles. The summed E-state index contributed by atoms with van der Waals surface area (Å²) in [6.07, 6.45) is -5.86. The minimum absolute atomic E-state index is 0.424. The van der Waals surface area contributed by atoms with Crippen molar-refractivity contribution in [3.05, 3.63) is 54.1 Å². The first-order chi connectivity index (χ1) is 15.3. The van der Waals surface area contributed by atoms with Crippen LogP contribution in [0.25, 0.3) is 11.1 Å². The lowest BCUT2D eigenvalue weighted by Crippen LogP contribution is -2.54. The van der Waals surface area contributed by atoms with E-state index in [1.807, 2.05) is 0 Å². The standard InChI is InChI=1S/C22H20F5N3O3/c1-20(2,18(32)28-11-21(23,24)22(25,26)27)19(33)30-16-14-9-4-3-7-12(14)13-8-5-6-10-15(13)29-17(16)31/h3-10,16H,11H2,1-2H3,(H,28,32)(H,29,31)(H,30,33)/t16-/m1/s1. The molecule has 0 unspecified atom stereocenters. The summed E-state index contributed by atoms with van der Waals surface area (Å²) >= 11 is 0. The fourth-order valence-electron chi connectivity index (χ4n) is 3.24. The third-order valence-corrected chi connectivity index (χ3v) is 5.31. The van der Waals surface area contributed by atoms with Crippen molar-refractivity contribution in [2.75, 3.05) is 11.9 Å². The van der Waals surface area contributed by atoms with Crippen LogP contribution >= 0.6 is 0 Å². The summed E-state index contributed by atoms with van der Waals surface area (Å²) in [6, 6.07) is 12.4. The molecule has 0 radical (unpaired) electrons. The van der Waals surface area contributed by atoms with Crippen LogP contribution in [0.3, 0.4) is 0 Å². The predicted octanol–water partition coefficient (Wildman–Crippen LogP) is 3.80. The Morgan fingerprint density at radius 2 is 1.48 bits per heavy atom. The van der Waals surface area contributed by atoms with Gasteiger partial charge in [0.2, 0.25) is 11.8 Å². The Hall–Kier alpha value is -3.50. The topological polar surface area (TPSA) is 87.3 Å².